The number of hydrogen-bond acceptors (Lipinski definition) is 4. The van der Waals surface area contributed by atoms with Gasteiger partial charge in [0.2, 0.25) is 0 Å². The summed E-state index contributed by atoms with van der Waals surface area (Å²) >= 11 is 0. The number of hydrogen-bond donors (Lipinski definition) is 2. The monoisotopic (exact) mass is 280 g/mol. The van der Waals surface area contributed by atoms with E-state index in [0.717, 1.165) is 0 Å². The summed E-state index contributed by atoms with van der Waals surface area (Å²) in [5.74, 6) is 0.860. The number of nitrogens with zero attached hydrogens (tertiary/aromatic N) is 1. The van der Waals surface area contributed by atoms with Crippen LogP contribution in [0.1, 0.15) is 39.0 Å². The lowest BCUT2D eigenvalue weighted by atomic mass is 9.85. The second-order valence-electron chi connectivity index (χ2n) is 4.45. The van der Waals surface area contributed by atoms with Gasteiger partial charge < -0.3 is 5.73 Å². The van der Waals surface area contributed by atoms with Crippen molar-refractivity contribution in [3.63, 3.8) is 0 Å². The van der Waals surface area contributed by atoms with E-state index >= 15 is 0 Å². The molecule has 1 fully saturated rings. The molecule has 0 saturated heterocycles. The molecule has 1 saturated carbocycles. The summed E-state index contributed by atoms with van der Waals surface area (Å²) in [5, 5.41) is 0. The van der Waals surface area contributed by atoms with Gasteiger partial charge in [-0.1, -0.05) is 19.3 Å². The second kappa shape index (κ2) is 6.61. The van der Waals surface area contributed by atoms with Gasteiger partial charge in [-0.3, -0.25) is 9.55 Å². The van der Waals surface area contributed by atoms with Gasteiger partial charge in [0.15, 0.2) is 0 Å². The van der Waals surface area contributed by atoms with E-state index in [1.807, 2.05) is 6.92 Å². The van der Waals surface area contributed by atoms with Gasteiger partial charge in [0, 0.05) is 10.8 Å². The molecule has 1 atom stereocenters. The SMILES string of the molecule is CC(N=C(N)CSS(=O)(=O)O)C1CCCCC1. The molecule has 0 aliphatic heterocycles. The molecule has 100 valence electrons. The predicted molar refractivity (Wildman–Crippen MR) is 71.7 cm³/mol. The number of rotatable bonds is 5. The molecule has 5 nitrogen and oxygen atoms in total. The molecule has 7 heteroatoms. The lowest BCUT2D eigenvalue weighted by Crippen LogP contribution is -2.24. The summed E-state index contributed by atoms with van der Waals surface area (Å²) in [6, 6.07) is 0.136. The maximum Gasteiger partial charge on any atom is 0.320 e. The van der Waals surface area contributed by atoms with Crippen LogP contribution in [-0.4, -0.2) is 30.6 Å². The highest BCUT2D eigenvalue weighted by molar-refractivity contribution is 8.70. The molecular formula is C10H20N2O3S2. The average Bonchev–Trinajstić information content (AvgIpc) is 2.27. The highest BCUT2D eigenvalue weighted by Gasteiger charge is 2.19. The first kappa shape index (κ1) is 14.8. The molecule has 1 rings (SSSR count). The highest BCUT2D eigenvalue weighted by atomic mass is 33.1. The molecule has 0 bridgehead atoms. The van der Waals surface area contributed by atoms with E-state index in [0.29, 0.717) is 16.7 Å². The van der Waals surface area contributed by atoms with Crippen LogP contribution in [0.15, 0.2) is 4.99 Å². The van der Waals surface area contributed by atoms with Crippen molar-refractivity contribution in [3.05, 3.63) is 0 Å². The van der Waals surface area contributed by atoms with Gasteiger partial charge in [0.1, 0.15) is 5.84 Å². The van der Waals surface area contributed by atoms with Gasteiger partial charge in [-0.15, -0.1) is 0 Å². The minimum absolute atomic E-state index is 0.0237. The van der Waals surface area contributed by atoms with Crippen LogP contribution in [0, 0.1) is 5.92 Å². The van der Waals surface area contributed by atoms with Crippen LogP contribution < -0.4 is 5.73 Å². The van der Waals surface area contributed by atoms with Crippen LogP contribution >= 0.6 is 10.8 Å². The summed E-state index contributed by atoms with van der Waals surface area (Å²) in [6.07, 6.45) is 6.11. The molecule has 0 heterocycles. The topological polar surface area (TPSA) is 92.8 Å². The first-order valence-electron chi connectivity index (χ1n) is 5.82. The summed E-state index contributed by atoms with van der Waals surface area (Å²) in [7, 11) is -3.62. The summed E-state index contributed by atoms with van der Waals surface area (Å²) in [4.78, 5) is 4.30. The normalized spacial score (nSPS) is 21.4. The molecule has 1 aliphatic rings. The Morgan fingerprint density at radius 1 is 1.47 bits per heavy atom. The molecule has 0 spiro atoms. The van der Waals surface area contributed by atoms with E-state index in [2.05, 4.69) is 4.99 Å². The zero-order valence-electron chi connectivity index (χ0n) is 10.0. The summed E-state index contributed by atoms with van der Waals surface area (Å²) < 4.78 is 29.6. The third-order valence-corrected chi connectivity index (χ3v) is 5.02. The van der Waals surface area contributed by atoms with Gasteiger partial charge >= 0.3 is 9.15 Å². The quantitative estimate of drug-likeness (QED) is 0.347. The van der Waals surface area contributed by atoms with Crippen LogP contribution in [0.3, 0.4) is 0 Å². The number of aliphatic imine (C=N–C) groups is 1. The third kappa shape index (κ3) is 6.28. The minimum atomic E-state index is -4.02. The van der Waals surface area contributed by atoms with Gasteiger partial charge in [-0.25, -0.2) is 0 Å². The van der Waals surface area contributed by atoms with E-state index in [9.17, 15) is 8.42 Å². The number of nitrogens with two attached hydrogens (primary N) is 1. The molecule has 0 amide bonds. The van der Waals surface area contributed by atoms with Crippen molar-refractivity contribution in [2.24, 2.45) is 16.6 Å². The van der Waals surface area contributed by atoms with Crippen LogP contribution in [0.5, 0.6) is 0 Å². The maximum atomic E-state index is 10.5. The minimum Gasteiger partial charge on any atom is -0.387 e. The van der Waals surface area contributed by atoms with Crippen LogP contribution in [0.4, 0.5) is 0 Å². The van der Waals surface area contributed by atoms with E-state index in [-0.39, 0.29) is 17.6 Å². The molecule has 0 radical (unpaired) electrons. The molecule has 0 aromatic rings. The smallest absolute Gasteiger partial charge is 0.320 e. The van der Waals surface area contributed by atoms with Crippen molar-refractivity contribution < 1.29 is 13.0 Å². The van der Waals surface area contributed by atoms with E-state index in [4.69, 9.17) is 10.3 Å². The van der Waals surface area contributed by atoms with Gasteiger partial charge in [-0.2, -0.15) is 8.42 Å². The average molecular weight is 280 g/mol. The molecular weight excluding hydrogens is 260 g/mol. The fourth-order valence-electron chi connectivity index (χ4n) is 2.16. The Morgan fingerprint density at radius 2 is 2.06 bits per heavy atom. The first-order valence-corrected chi connectivity index (χ1v) is 8.76. The Bertz CT molecular complexity index is 362. The van der Waals surface area contributed by atoms with Crippen molar-refractivity contribution >= 4 is 25.8 Å². The molecule has 0 aromatic carbocycles. The van der Waals surface area contributed by atoms with Crippen LogP contribution in [0.2, 0.25) is 0 Å². The zero-order valence-corrected chi connectivity index (χ0v) is 11.6. The molecule has 1 aliphatic carbocycles. The Labute approximate surface area is 106 Å². The predicted octanol–water partition coefficient (Wildman–Crippen LogP) is 1.85. The Morgan fingerprint density at radius 3 is 2.59 bits per heavy atom. The van der Waals surface area contributed by atoms with Gasteiger partial charge in [0.05, 0.1) is 11.8 Å². The zero-order chi connectivity index (χ0) is 12.9. The fourth-order valence-corrected chi connectivity index (χ4v) is 3.31. The fraction of sp³-hybridized carbons (Fsp3) is 0.900. The van der Waals surface area contributed by atoms with Crippen molar-refractivity contribution in [2.75, 3.05) is 5.75 Å². The Balaban J connectivity index is 2.43. The first-order chi connectivity index (χ1) is 7.88. The van der Waals surface area contributed by atoms with Crippen molar-refractivity contribution in [2.45, 2.75) is 45.1 Å². The second-order valence-corrected chi connectivity index (χ2v) is 7.80. The maximum absolute atomic E-state index is 10.5. The van der Waals surface area contributed by atoms with Gasteiger partial charge in [0.25, 0.3) is 0 Å². The van der Waals surface area contributed by atoms with Crippen molar-refractivity contribution in [1.82, 2.24) is 0 Å². The van der Waals surface area contributed by atoms with Crippen molar-refractivity contribution in [3.8, 4) is 0 Å². The van der Waals surface area contributed by atoms with E-state index < -0.39 is 9.15 Å². The van der Waals surface area contributed by atoms with Crippen molar-refractivity contribution in [1.29, 1.82) is 0 Å². The molecule has 1 unspecified atom stereocenters. The lowest BCUT2D eigenvalue weighted by molar-refractivity contribution is 0.317. The third-order valence-electron chi connectivity index (χ3n) is 3.06. The molecule has 17 heavy (non-hydrogen) atoms. The largest absolute Gasteiger partial charge is 0.387 e. The van der Waals surface area contributed by atoms with Crippen LogP contribution in [0.25, 0.3) is 0 Å². The highest BCUT2D eigenvalue weighted by Crippen LogP contribution is 2.27. The Kier molecular flexibility index (Phi) is 5.75. The van der Waals surface area contributed by atoms with Crippen LogP contribution in [-0.2, 0) is 9.15 Å². The number of amidine groups is 1. The lowest BCUT2D eigenvalue weighted by Gasteiger charge is -2.25. The summed E-state index contributed by atoms with van der Waals surface area (Å²) in [6.45, 7) is 2.01. The van der Waals surface area contributed by atoms with Gasteiger partial charge in [-0.05, 0) is 25.7 Å². The van der Waals surface area contributed by atoms with E-state index in [1.54, 1.807) is 0 Å². The summed E-state index contributed by atoms with van der Waals surface area (Å²) in [5.41, 5.74) is 5.64. The standard InChI is InChI=1S/C10H20N2O3S2/c1-8(9-5-3-2-4-6-9)12-10(11)7-16-17(13,14)15/h8-9H,2-7H2,1H3,(H2,11,12)(H,13,14,15). The molecule has 0 aromatic heterocycles. The van der Waals surface area contributed by atoms with E-state index in [1.165, 1.54) is 32.1 Å². The molecule has 3 N–H and O–H groups in total. The Hall–Kier alpha value is -0.270.